The van der Waals surface area contributed by atoms with E-state index in [9.17, 15) is 0 Å². The number of hydrazine groups is 1. The molecule has 0 saturated heterocycles. The van der Waals surface area contributed by atoms with E-state index in [1.807, 2.05) is 0 Å². The van der Waals surface area contributed by atoms with Crippen LogP contribution in [0.3, 0.4) is 0 Å². The Kier molecular flexibility index (Phi) is 1.52. The van der Waals surface area contributed by atoms with Gasteiger partial charge in [-0.2, -0.15) is 4.99 Å². The van der Waals surface area contributed by atoms with Gasteiger partial charge in [-0.1, -0.05) is 0 Å². The highest BCUT2D eigenvalue weighted by Crippen LogP contribution is 2.32. The standard InChI is InChI=1S/C6H12N6/c7-5-10-4(3-1-2-3)12(9)6(8)11-5/h3,6H,1-2,8-9H2,(H2,7,11). The van der Waals surface area contributed by atoms with Gasteiger partial charge in [0.2, 0.25) is 5.96 Å². The van der Waals surface area contributed by atoms with E-state index in [4.69, 9.17) is 17.3 Å². The lowest BCUT2D eigenvalue weighted by atomic mass is 10.3. The topological polar surface area (TPSA) is 106 Å². The Balaban J connectivity index is 2.23. The summed E-state index contributed by atoms with van der Waals surface area (Å²) >= 11 is 0. The summed E-state index contributed by atoms with van der Waals surface area (Å²) < 4.78 is 0. The molecule has 6 N–H and O–H groups in total. The van der Waals surface area contributed by atoms with Crippen molar-refractivity contribution >= 4 is 11.8 Å². The zero-order chi connectivity index (χ0) is 8.72. The van der Waals surface area contributed by atoms with Gasteiger partial charge in [0.25, 0.3) is 0 Å². The summed E-state index contributed by atoms with van der Waals surface area (Å²) in [6.45, 7) is 0. The fraction of sp³-hybridized carbons (Fsp3) is 0.667. The maximum absolute atomic E-state index is 5.64. The molecule has 0 bridgehead atoms. The molecule has 2 aliphatic rings. The first kappa shape index (κ1) is 7.51. The number of hydrogen-bond acceptors (Lipinski definition) is 6. The molecule has 0 spiro atoms. The molecule has 1 atom stereocenters. The SMILES string of the molecule is NC1=NC(N)N(N)C(C2CC2)=N1. The lowest BCUT2D eigenvalue weighted by Crippen LogP contribution is -2.53. The van der Waals surface area contributed by atoms with E-state index < -0.39 is 6.29 Å². The molecule has 1 aliphatic heterocycles. The van der Waals surface area contributed by atoms with Crippen molar-refractivity contribution in [1.29, 1.82) is 0 Å². The van der Waals surface area contributed by atoms with Crippen LogP contribution in [0.2, 0.25) is 0 Å². The Morgan fingerprint density at radius 3 is 2.67 bits per heavy atom. The number of rotatable bonds is 1. The minimum atomic E-state index is -0.571. The van der Waals surface area contributed by atoms with Crippen LogP contribution in [0.5, 0.6) is 0 Å². The molecule has 0 aromatic heterocycles. The number of hydrogen-bond donors (Lipinski definition) is 3. The smallest absolute Gasteiger partial charge is 0.220 e. The van der Waals surface area contributed by atoms with Gasteiger partial charge < -0.3 is 5.73 Å². The zero-order valence-corrected chi connectivity index (χ0v) is 6.64. The highest BCUT2D eigenvalue weighted by molar-refractivity contribution is 5.98. The average Bonchev–Trinajstić information content (AvgIpc) is 2.79. The van der Waals surface area contributed by atoms with Crippen LogP contribution in [-0.2, 0) is 0 Å². The van der Waals surface area contributed by atoms with Crippen LogP contribution >= 0.6 is 0 Å². The Hall–Kier alpha value is -1.14. The highest BCUT2D eigenvalue weighted by Gasteiger charge is 2.34. The molecule has 1 unspecified atom stereocenters. The van der Waals surface area contributed by atoms with Crippen molar-refractivity contribution < 1.29 is 0 Å². The van der Waals surface area contributed by atoms with E-state index in [-0.39, 0.29) is 5.96 Å². The van der Waals surface area contributed by atoms with Gasteiger partial charge in [0.05, 0.1) is 0 Å². The quantitative estimate of drug-likeness (QED) is 0.416. The van der Waals surface area contributed by atoms with Crippen LogP contribution in [0.25, 0.3) is 0 Å². The van der Waals surface area contributed by atoms with Gasteiger partial charge in [0, 0.05) is 5.92 Å². The van der Waals surface area contributed by atoms with Crippen molar-refractivity contribution in [2.24, 2.45) is 33.2 Å². The minimum absolute atomic E-state index is 0.228. The third kappa shape index (κ3) is 1.15. The van der Waals surface area contributed by atoms with Crippen LogP contribution in [-0.4, -0.2) is 23.1 Å². The predicted molar refractivity (Wildman–Crippen MR) is 45.8 cm³/mol. The molecule has 2 rings (SSSR count). The summed E-state index contributed by atoms with van der Waals surface area (Å²) in [4.78, 5) is 7.85. The van der Waals surface area contributed by atoms with Crippen LogP contribution < -0.4 is 17.3 Å². The van der Waals surface area contributed by atoms with E-state index in [1.165, 1.54) is 5.01 Å². The Labute approximate surface area is 70.1 Å². The molecule has 1 heterocycles. The first-order valence-electron chi connectivity index (χ1n) is 3.90. The van der Waals surface area contributed by atoms with Gasteiger partial charge in [-0.15, -0.1) is 0 Å². The maximum Gasteiger partial charge on any atom is 0.220 e. The molecule has 1 fully saturated rings. The van der Waals surface area contributed by atoms with Crippen LogP contribution in [0.1, 0.15) is 12.8 Å². The van der Waals surface area contributed by atoms with Crippen molar-refractivity contribution in [2.75, 3.05) is 0 Å². The van der Waals surface area contributed by atoms with Crippen LogP contribution in [0, 0.1) is 5.92 Å². The molecular weight excluding hydrogens is 156 g/mol. The van der Waals surface area contributed by atoms with Crippen LogP contribution in [0.15, 0.2) is 9.98 Å². The Morgan fingerprint density at radius 2 is 2.08 bits per heavy atom. The lowest BCUT2D eigenvalue weighted by Gasteiger charge is -2.27. The average molecular weight is 168 g/mol. The summed E-state index contributed by atoms with van der Waals surface area (Å²) in [5, 5.41) is 1.38. The molecule has 12 heavy (non-hydrogen) atoms. The highest BCUT2D eigenvalue weighted by atomic mass is 15.5. The molecule has 1 aliphatic carbocycles. The number of amidine groups is 1. The summed E-state index contributed by atoms with van der Waals surface area (Å²) in [5.74, 6) is 7.08. The second kappa shape index (κ2) is 2.43. The van der Waals surface area contributed by atoms with Crippen molar-refractivity contribution in [2.45, 2.75) is 19.1 Å². The zero-order valence-electron chi connectivity index (χ0n) is 6.64. The number of nitrogens with two attached hydrogens (primary N) is 3. The van der Waals surface area contributed by atoms with E-state index in [0.717, 1.165) is 18.7 Å². The second-order valence-electron chi connectivity index (χ2n) is 3.05. The van der Waals surface area contributed by atoms with Crippen LogP contribution in [0.4, 0.5) is 0 Å². The third-order valence-electron chi connectivity index (χ3n) is 1.99. The first-order chi connectivity index (χ1) is 5.68. The van der Waals surface area contributed by atoms with Crippen molar-refractivity contribution in [1.82, 2.24) is 5.01 Å². The fourth-order valence-electron chi connectivity index (χ4n) is 1.18. The molecular formula is C6H12N6. The monoisotopic (exact) mass is 168 g/mol. The first-order valence-corrected chi connectivity index (χ1v) is 3.90. The number of guanidine groups is 1. The molecule has 1 saturated carbocycles. The molecule has 0 aromatic rings. The van der Waals surface area contributed by atoms with E-state index in [2.05, 4.69) is 9.98 Å². The van der Waals surface area contributed by atoms with Gasteiger partial charge >= 0.3 is 0 Å². The normalized spacial score (nSPS) is 29.8. The molecule has 6 heteroatoms. The predicted octanol–water partition coefficient (Wildman–Crippen LogP) is -1.46. The van der Waals surface area contributed by atoms with Crippen molar-refractivity contribution in [3.63, 3.8) is 0 Å². The Morgan fingerprint density at radius 1 is 1.42 bits per heavy atom. The van der Waals surface area contributed by atoms with Crippen molar-refractivity contribution in [3.05, 3.63) is 0 Å². The number of aliphatic imine (C=N–C) groups is 2. The minimum Gasteiger partial charge on any atom is -0.368 e. The molecule has 0 amide bonds. The Bertz CT molecular complexity index is 253. The van der Waals surface area contributed by atoms with E-state index >= 15 is 0 Å². The summed E-state index contributed by atoms with van der Waals surface area (Å²) in [6, 6.07) is 0. The van der Waals surface area contributed by atoms with Gasteiger partial charge in [0.1, 0.15) is 5.84 Å². The summed E-state index contributed by atoms with van der Waals surface area (Å²) in [5.41, 5.74) is 11.0. The van der Waals surface area contributed by atoms with Gasteiger partial charge in [0.15, 0.2) is 6.29 Å². The van der Waals surface area contributed by atoms with Gasteiger partial charge in [-0.05, 0) is 12.8 Å². The fourth-order valence-corrected chi connectivity index (χ4v) is 1.18. The van der Waals surface area contributed by atoms with E-state index in [1.54, 1.807) is 0 Å². The third-order valence-corrected chi connectivity index (χ3v) is 1.99. The summed E-state index contributed by atoms with van der Waals surface area (Å²) in [7, 11) is 0. The molecule has 0 radical (unpaired) electrons. The molecule has 0 aromatic carbocycles. The number of nitrogens with zero attached hydrogens (tertiary/aromatic N) is 3. The maximum atomic E-state index is 5.64. The summed E-state index contributed by atoms with van der Waals surface area (Å²) in [6.07, 6.45) is 1.66. The lowest BCUT2D eigenvalue weighted by molar-refractivity contribution is 0.323. The molecule has 6 nitrogen and oxygen atoms in total. The van der Waals surface area contributed by atoms with Gasteiger partial charge in [-0.3, -0.25) is 10.7 Å². The van der Waals surface area contributed by atoms with Gasteiger partial charge in [-0.25, -0.2) is 10.8 Å². The van der Waals surface area contributed by atoms with E-state index in [0.29, 0.717) is 5.92 Å². The van der Waals surface area contributed by atoms with Crippen molar-refractivity contribution in [3.8, 4) is 0 Å². The largest absolute Gasteiger partial charge is 0.368 e. The second-order valence-corrected chi connectivity index (χ2v) is 3.05. The molecule has 66 valence electrons.